The fourth-order valence-corrected chi connectivity index (χ4v) is 7.83. The van der Waals surface area contributed by atoms with Crippen LogP contribution in [0, 0.1) is 19.8 Å². The van der Waals surface area contributed by atoms with Crippen LogP contribution in [0.25, 0.3) is 0 Å². The molecule has 4 atom stereocenters. The summed E-state index contributed by atoms with van der Waals surface area (Å²) < 4.78 is 29.7. The first-order valence-corrected chi connectivity index (χ1v) is 14.9. The number of hydrogen-bond donors (Lipinski definition) is 1. The van der Waals surface area contributed by atoms with Gasteiger partial charge in [0.15, 0.2) is 0 Å². The third kappa shape index (κ3) is 5.77. The molecular formula is C28H41F2N5OS. The quantitative estimate of drug-likeness (QED) is 0.431. The molecule has 204 valence electrons. The van der Waals surface area contributed by atoms with Crippen LogP contribution in [0.1, 0.15) is 112 Å². The number of hydrogen-bond acceptors (Lipinski definition) is 5. The third-order valence-corrected chi connectivity index (χ3v) is 9.97. The second-order valence-electron chi connectivity index (χ2n) is 11.9. The van der Waals surface area contributed by atoms with Crippen LogP contribution in [0.5, 0.6) is 0 Å². The van der Waals surface area contributed by atoms with E-state index in [1.807, 2.05) is 0 Å². The first-order valence-electron chi connectivity index (χ1n) is 14.0. The van der Waals surface area contributed by atoms with Crippen molar-refractivity contribution in [3.05, 3.63) is 33.5 Å². The highest BCUT2D eigenvalue weighted by Crippen LogP contribution is 2.43. The number of piperidine rings is 1. The van der Waals surface area contributed by atoms with Crippen molar-refractivity contribution in [2.24, 2.45) is 5.92 Å². The number of carbonyl (C=O) groups is 1. The van der Waals surface area contributed by atoms with Crippen molar-refractivity contribution in [3.63, 3.8) is 0 Å². The molecule has 6 nitrogen and oxygen atoms in total. The van der Waals surface area contributed by atoms with Gasteiger partial charge < -0.3 is 9.88 Å². The van der Waals surface area contributed by atoms with Gasteiger partial charge in [-0.2, -0.15) is 0 Å². The maximum atomic E-state index is 13.6. The number of halogens is 2. The summed E-state index contributed by atoms with van der Waals surface area (Å²) >= 11 is 1.68. The minimum Gasteiger partial charge on any atom is -0.348 e. The Morgan fingerprint density at radius 2 is 1.78 bits per heavy atom. The van der Waals surface area contributed by atoms with Gasteiger partial charge in [-0.05, 0) is 75.8 Å². The average molecular weight is 534 g/mol. The van der Waals surface area contributed by atoms with Crippen LogP contribution in [-0.2, 0) is 4.79 Å². The molecule has 1 N–H and O–H groups in total. The van der Waals surface area contributed by atoms with Gasteiger partial charge in [-0.25, -0.2) is 8.78 Å². The zero-order chi connectivity index (χ0) is 26.3. The number of nitrogens with zero attached hydrogens (tertiary/aromatic N) is 4. The van der Waals surface area contributed by atoms with E-state index >= 15 is 0 Å². The lowest BCUT2D eigenvalue weighted by molar-refractivity contribution is -0.130. The zero-order valence-electron chi connectivity index (χ0n) is 22.6. The molecule has 37 heavy (non-hydrogen) atoms. The van der Waals surface area contributed by atoms with Gasteiger partial charge in [0.05, 0.1) is 6.04 Å². The predicted molar refractivity (Wildman–Crippen MR) is 142 cm³/mol. The number of carbonyl (C=O) groups excluding carboxylic acids is 1. The summed E-state index contributed by atoms with van der Waals surface area (Å²) in [7, 11) is 0. The monoisotopic (exact) mass is 533 g/mol. The van der Waals surface area contributed by atoms with Crippen molar-refractivity contribution in [1.29, 1.82) is 0 Å². The molecule has 1 aliphatic carbocycles. The first kappa shape index (κ1) is 26.7. The van der Waals surface area contributed by atoms with Crippen molar-refractivity contribution in [1.82, 2.24) is 25.0 Å². The Labute approximate surface area is 223 Å². The summed E-state index contributed by atoms with van der Waals surface area (Å²) in [6.07, 6.45) is 5.67. The van der Waals surface area contributed by atoms with Crippen molar-refractivity contribution in [2.45, 2.75) is 121 Å². The first-order chi connectivity index (χ1) is 17.6. The normalized spacial score (nSPS) is 27.1. The van der Waals surface area contributed by atoms with Crippen LogP contribution in [0.15, 0.2) is 11.4 Å². The number of alkyl halides is 2. The van der Waals surface area contributed by atoms with Crippen LogP contribution in [-0.4, -0.2) is 50.1 Å². The number of fused-ring (bicyclic) bond motifs is 2. The van der Waals surface area contributed by atoms with Gasteiger partial charge in [0.25, 0.3) is 0 Å². The van der Waals surface area contributed by atoms with E-state index in [4.69, 9.17) is 0 Å². The molecule has 4 heterocycles. The topological polar surface area (TPSA) is 63.1 Å². The van der Waals surface area contributed by atoms with E-state index in [0.29, 0.717) is 24.0 Å². The summed E-state index contributed by atoms with van der Waals surface area (Å²) in [6.45, 7) is 9.44. The van der Waals surface area contributed by atoms with Crippen LogP contribution in [0.3, 0.4) is 0 Å². The van der Waals surface area contributed by atoms with Crippen LogP contribution >= 0.6 is 11.3 Å². The fraction of sp³-hybridized carbons (Fsp3) is 0.750. The standard InChI is InChI=1S/C28H41F2N5OS/c1-17(2)26-33-32-19(4)35(26)23-14-21-5-6-22(15-23)34(21)12-9-24(25-13-18(3)16-37-25)31-27(36)20-7-10-28(29,30)11-8-20/h13,16-17,20-24H,5-12,14-15H2,1-4H3,(H,31,36)/t21-,22+,23-,24-/m0/s1. The predicted octanol–water partition coefficient (Wildman–Crippen LogP) is 6.32. The van der Waals surface area contributed by atoms with Crippen molar-refractivity contribution in [3.8, 4) is 0 Å². The minimum atomic E-state index is -2.62. The van der Waals surface area contributed by atoms with Gasteiger partial charge in [-0.1, -0.05) is 13.8 Å². The molecule has 2 saturated heterocycles. The number of rotatable bonds is 8. The van der Waals surface area contributed by atoms with E-state index in [0.717, 1.165) is 42.3 Å². The van der Waals surface area contributed by atoms with Crippen molar-refractivity contribution < 1.29 is 13.6 Å². The van der Waals surface area contributed by atoms with Crippen LogP contribution < -0.4 is 5.32 Å². The van der Waals surface area contributed by atoms with Crippen LogP contribution in [0.4, 0.5) is 8.78 Å². The molecule has 0 radical (unpaired) electrons. The third-order valence-electron chi connectivity index (χ3n) is 8.81. The molecule has 2 aromatic rings. The highest BCUT2D eigenvalue weighted by molar-refractivity contribution is 7.10. The summed E-state index contributed by atoms with van der Waals surface area (Å²) in [5, 5.41) is 14.3. The number of nitrogens with one attached hydrogen (secondary N) is 1. The summed E-state index contributed by atoms with van der Waals surface area (Å²) in [5.41, 5.74) is 1.20. The highest BCUT2D eigenvalue weighted by Gasteiger charge is 2.42. The second-order valence-corrected chi connectivity index (χ2v) is 12.8. The Morgan fingerprint density at radius 3 is 2.38 bits per heavy atom. The van der Waals surface area contributed by atoms with Gasteiger partial charge in [0.2, 0.25) is 11.8 Å². The van der Waals surface area contributed by atoms with Crippen molar-refractivity contribution >= 4 is 17.2 Å². The highest BCUT2D eigenvalue weighted by atomic mass is 32.1. The number of aryl methyl sites for hydroxylation is 2. The van der Waals surface area contributed by atoms with E-state index in [9.17, 15) is 13.6 Å². The largest absolute Gasteiger partial charge is 0.348 e. The molecule has 2 bridgehead atoms. The Hall–Kier alpha value is -1.87. The Morgan fingerprint density at radius 1 is 1.11 bits per heavy atom. The van der Waals surface area contributed by atoms with Gasteiger partial charge in [-0.3, -0.25) is 9.69 Å². The molecule has 1 saturated carbocycles. The van der Waals surface area contributed by atoms with Gasteiger partial charge >= 0.3 is 0 Å². The van der Waals surface area contributed by atoms with Crippen molar-refractivity contribution in [2.75, 3.05) is 6.54 Å². The molecule has 5 rings (SSSR count). The molecular weight excluding hydrogens is 492 g/mol. The lowest BCUT2D eigenvalue weighted by Gasteiger charge is -2.40. The summed E-state index contributed by atoms with van der Waals surface area (Å²) in [4.78, 5) is 16.9. The van der Waals surface area contributed by atoms with Crippen LogP contribution in [0.2, 0.25) is 0 Å². The van der Waals surface area contributed by atoms with E-state index in [1.54, 1.807) is 11.3 Å². The average Bonchev–Trinajstić information content (AvgIpc) is 3.51. The lowest BCUT2D eigenvalue weighted by Crippen LogP contribution is -2.45. The fourth-order valence-electron chi connectivity index (χ4n) is 6.84. The summed E-state index contributed by atoms with van der Waals surface area (Å²) in [6, 6.07) is 3.60. The minimum absolute atomic E-state index is 0.0578. The maximum Gasteiger partial charge on any atom is 0.248 e. The van der Waals surface area contributed by atoms with E-state index < -0.39 is 5.92 Å². The molecule has 3 aliphatic rings. The van der Waals surface area contributed by atoms with Gasteiger partial charge in [0, 0.05) is 54.2 Å². The molecule has 1 amide bonds. The van der Waals surface area contributed by atoms with Gasteiger partial charge in [-0.15, -0.1) is 21.5 Å². The van der Waals surface area contributed by atoms with E-state index in [2.05, 4.69) is 64.1 Å². The molecule has 0 unspecified atom stereocenters. The Bertz CT molecular complexity index is 1070. The number of amides is 1. The molecule has 9 heteroatoms. The Balaban J connectivity index is 1.24. The molecule has 0 spiro atoms. The SMILES string of the molecule is Cc1csc([C@H](CCN2[C@@H]3CC[C@H]2C[C@H](n2c(C)nnc2C(C)C)C3)NC(=O)C2CCC(F)(F)CC2)c1. The molecule has 2 aliphatic heterocycles. The molecule has 0 aromatic carbocycles. The Kier molecular flexibility index (Phi) is 7.74. The molecule has 3 fully saturated rings. The zero-order valence-corrected chi connectivity index (χ0v) is 23.4. The summed E-state index contributed by atoms with van der Waals surface area (Å²) in [5.74, 6) is -0.529. The number of aromatic nitrogens is 3. The maximum absolute atomic E-state index is 13.6. The van der Waals surface area contributed by atoms with Gasteiger partial charge in [0.1, 0.15) is 11.6 Å². The van der Waals surface area contributed by atoms with E-state index in [-0.39, 0.29) is 43.6 Å². The molecule has 2 aromatic heterocycles. The smallest absolute Gasteiger partial charge is 0.248 e. The second kappa shape index (κ2) is 10.7. The number of thiophene rings is 1. The van der Waals surface area contributed by atoms with E-state index in [1.165, 1.54) is 18.4 Å². The lowest BCUT2D eigenvalue weighted by atomic mass is 9.86.